The van der Waals surface area contributed by atoms with Gasteiger partial charge in [0.05, 0.1) is 12.2 Å². The standard InChI is InChI=1S/C13H25NO2/c1-11-3-4-12(16-11)9-14-10-13(2)5-7-15-8-6-13/h11-12,14H,3-10H2,1-2H3. The molecule has 2 aliphatic rings. The summed E-state index contributed by atoms with van der Waals surface area (Å²) in [5.74, 6) is 0. The molecule has 0 aromatic heterocycles. The fraction of sp³-hybridized carbons (Fsp3) is 1.00. The molecule has 0 amide bonds. The SMILES string of the molecule is CC1CCC(CNCC2(C)CCOCC2)O1. The van der Waals surface area contributed by atoms with Crippen molar-refractivity contribution < 1.29 is 9.47 Å². The Hall–Kier alpha value is -0.120. The van der Waals surface area contributed by atoms with E-state index in [2.05, 4.69) is 19.2 Å². The van der Waals surface area contributed by atoms with E-state index in [1.807, 2.05) is 0 Å². The van der Waals surface area contributed by atoms with Crippen molar-refractivity contribution in [1.82, 2.24) is 5.32 Å². The molecular weight excluding hydrogens is 202 g/mol. The van der Waals surface area contributed by atoms with Crippen molar-refractivity contribution >= 4 is 0 Å². The predicted octanol–water partition coefficient (Wildman–Crippen LogP) is 1.96. The lowest BCUT2D eigenvalue weighted by molar-refractivity contribution is 0.0193. The molecule has 2 unspecified atom stereocenters. The molecular formula is C13H25NO2. The van der Waals surface area contributed by atoms with Crippen LogP contribution >= 0.6 is 0 Å². The zero-order chi connectivity index (χ0) is 11.4. The van der Waals surface area contributed by atoms with Gasteiger partial charge in [-0.25, -0.2) is 0 Å². The summed E-state index contributed by atoms with van der Waals surface area (Å²) in [6.07, 6.45) is 5.71. The first-order chi connectivity index (χ1) is 7.68. The molecule has 94 valence electrons. The van der Waals surface area contributed by atoms with E-state index in [1.54, 1.807) is 0 Å². The van der Waals surface area contributed by atoms with Crippen LogP contribution < -0.4 is 5.32 Å². The molecule has 0 radical (unpaired) electrons. The number of hydrogen-bond acceptors (Lipinski definition) is 3. The molecule has 2 rings (SSSR count). The highest BCUT2D eigenvalue weighted by atomic mass is 16.5. The Balaban J connectivity index is 1.63. The maximum Gasteiger partial charge on any atom is 0.0704 e. The highest BCUT2D eigenvalue weighted by molar-refractivity contribution is 4.81. The van der Waals surface area contributed by atoms with Gasteiger partial charge in [0.1, 0.15) is 0 Å². The van der Waals surface area contributed by atoms with Gasteiger partial charge in [-0.2, -0.15) is 0 Å². The van der Waals surface area contributed by atoms with Crippen LogP contribution in [-0.4, -0.2) is 38.5 Å². The average Bonchev–Trinajstić information content (AvgIpc) is 2.65. The molecule has 2 atom stereocenters. The van der Waals surface area contributed by atoms with E-state index in [9.17, 15) is 0 Å². The second kappa shape index (κ2) is 5.48. The fourth-order valence-electron chi connectivity index (χ4n) is 2.61. The highest BCUT2D eigenvalue weighted by Crippen LogP contribution is 2.28. The third-order valence-electron chi connectivity index (χ3n) is 3.94. The first-order valence-corrected chi connectivity index (χ1v) is 6.62. The summed E-state index contributed by atoms with van der Waals surface area (Å²) in [6, 6.07) is 0. The van der Waals surface area contributed by atoms with Gasteiger partial charge >= 0.3 is 0 Å². The van der Waals surface area contributed by atoms with Crippen LogP contribution in [0.1, 0.15) is 39.5 Å². The van der Waals surface area contributed by atoms with Crippen LogP contribution in [-0.2, 0) is 9.47 Å². The van der Waals surface area contributed by atoms with Crippen LogP contribution in [0.15, 0.2) is 0 Å². The monoisotopic (exact) mass is 227 g/mol. The van der Waals surface area contributed by atoms with Gasteiger partial charge < -0.3 is 14.8 Å². The summed E-state index contributed by atoms with van der Waals surface area (Å²) in [4.78, 5) is 0. The molecule has 3 nitrogen and oxygen atoms in total. The van der Waals surface area contributed by atoms with Gasteiger partial charge in [0, 0.05) is 26.3 Å². The quantitative estimate of drug-likeness (QED) is 0.796. The molecule has 0 saturated carbocycles. The van der Waals surface area contributed by atoms with Gasteiger partial charge in [0.2, 0.25) is 0 Å². The van der Waals surface area contributed by atoms with Gasteiger partial charge in [-0.3, -0.25) is 0 Å². The van der Waals surface area contributed by atoms with E-state index < -0.39 is 0 Å². The van der Waals surface area contributed by atoms with Crippen molar-refractivity contribution in [2.24, 2.45) is 5.41 Å². The Kier molecular flexibility index (Phi) is 4.22. The first kappa shape index (κ1) is 12.3. The summed E-state index contributed by atoms with van der Waals surface area (Å²) >= 11 is 0. The second-order valence-electron chi connectivity index (χ2n) is 5.70. The number of rotatable bonds is 4. The van der Waals surface area contributed by atoms with Crippen molar-refractivity contribution in [2.45, 2.75) is 51.7 Å². The number of hydrogen-bond donors (Lipinski definition) is 1. The van der Waals surface area contributed by atoms with Crippen molar-refractivity contribution in [3.63, 3.8) is 0 Å². The molecule has 0 aromatic rings. The van der Waals surface area contributed by atoms with E-state index in [0.29, 0.717) is 17.6 Å². The maximum atomic E-state index is 5.80. The van der Waals surface area contributed by atoms with Crippen molar-refractivity contribution in [1.29, 1.82) is 0 Å². The smallest absolute Gasteiger partial charge is 0.0704 e. The minimum Gasteiger partial charge on any atom is -0.381 e. The van der Waals surface area contributed by atoms with Crippen LogP contribution in [0.25, 0.3) is 0 Å². The molecule has 0 spiro atoms. The minimum absolute atomic E-state index is 0.433. The Morgan fingerprint density at radius 2 is 2.00 bits per heavy atom. The Morgan fingerprint density at radius 1 is 1.25 bits per heavy atom. The molecule has 0 aliphatic carbocycles. The third kappa shape index (κ3) is 3.44. The molecule has 2 aliphatic heterocycles. The van der Waals surface area contributed by atoms with E-state index in [1.165, 1.54) is 25.7 Å². The van der Waals surface area contributed by atoms with Crippen molar-refractivity contribution in [3.8, 4) is 0 Å². The van der Waals surface area contributed by atoms with Gasteiger partial charge in [-0.05, 0) is 38.0 Å². The molecule has 16 heavy (non-hydrogen) atoms. The van der Waals surface area contributed by atoms with Crippen LogP contribution in [0.5, 0.6) is 0 Å². The van der Waals surface area contributed by atoms with Gasteiger partial charge in [-0.15, -0.1) is 0 Å². The largest absolute Gasteiger partial charge is 0.381 e. The predicted molar refractivity (Wildman–Crippen MR) is 64.6 cm³/mol. The van der Waals surface area contributed by atoms with E-state index in [0.717, 1.165) is 26.3 Å². The van der Waals surface area contributed by atoms with Gasteiger partial charge in [0.25, 0.3) is 0 Å². The highest BCUT2D eigenvalue weighted by Gasteiger charge is 2.28. The van der Waals surface area contributed by atoms with Crippen LogP contribution in [0.2, 0.25) is 0 Å². The molecule has 0 bridgehead atoms. The van der Waals surface area contributed by atoms with E-state index in [4.69, 9.17) is 9.47 Å². The summed E-state index contributed by atoms with van der Waals surface area (Å²) in [5, 5.41) is 3.58. The fourth-order valence-corrected chi connectivity index (χ4v) is 2.61. The molecule has 0 aromatic carbocycles. The Bertz CT molecular complexity index is 214. The number of ether oxygens (including phenoxy) is 2. The Labute approximate surface area is 98.9 Å². The summed E-state index contributed by atoms with van der Waals surface area (Å²) in [7, 11) is 0. The molecule has 2 fully saturated rings. The third-order valence-corrected chi connectivity index (χ3v) is 3.94. The maximum absolute atomic E-state index is 5.80. The van der Waals surface area contributed by atoms with Crippen molar-refractivity contribution in [3.05, 3.63) is 0 Å². The lowest BCUT2D eigenvalue weighted by Crippen LogP contribution is -2.39. The molecule has 3 heteroatoms. The first-order valence-electron chi connectivity index (χ1n) is 6.62. The molecule has 1 N–H and O–H groups in total. The average molecular weight is 227 g/mol. The zero-order valence-electron chi connectivity index (χ0n) is 10.6. The lowest BCUT2D eigenvalue weighted by atomic mass is 9.82. The zero-order valence-corrected chi connectivity index (χ0v) is 10.6. The Morgan fingerprint density at radius 3 is 2.62 bits per heavy atom. The normalized spacial score (nSPS) is 34.1. The van der Waals surface area contributed by atoms with Crippen LogP contribution in [0.4, 0.5) is 0 Å². The van der Waals surface area contributed by atoms with Crippen LogP contribution in [0.3, 0.4) is 0 Å². The lowest BCUT2D eigenvalue weighted by Gasteiger charge is -2.34. The number of nitrogens with one attached hydrogen (secondary N) is 1. The molecule has 2 saturated heterocycles. The van der Waals surface area contributed by atoms with Crippen LogP contribution in [0, 0.1) is 5.41 Å². The summed E-state index contributed by atoms with van der Waals surface area (Å²) in [6.45, 7) is 8.50. The molecule has 2 heterocycles. The minimum atomic E-state index is 0.433. The van der Waals surface area contributed by atoms with Gasteiger partial charge in [-0.1, -0.05) is 6.92 Å². The van der Waals surface area contributed by atoms with E-state index in [-0.39, 0.29) is 0 Å². The van der Waals surface area contributed by atoms with E-state index >= 15 is 0 Å². The summed E-state index contributed by atoms with van der Waals surface area (Å²) in [5.41, 5.74) is 0.433. The van der Waals surface area contributed by atoms with Crippen molar-refractivity contribution in [2.75, 3.05) is 26.3 Å². The second-order valence-corrected chi connectivity index (χ2v) is 5.70. The summed E-state index contributed by atoms with van der Waals surface area (Å²) < 4.78 is 11.2. The topological polar surface area (TPSA) is 30.5 Å². The van der Waals surface area contributed by atoms with Gasteiger partial charge in [0.15, 0.2) is 0 Å².